The highest BCUT2D eigenvalue weighted by atomic mass is 19.1. The second kappa shape index (κ2) is 5.65. The smallest absolute Gasteiger partial charge is 0.134 e. The molecule has 0 aliphatic heterocycles. The van der Waals surface area contributed by atoms with Crippen LogP contribution in [0.1, 0.15) is 37.8 Å². The summed E-state index contributed by atoms with van der Waals surface area (Å²) in [6, 6.07) is 2.25. The van der Waals surface area contributed by atoms with Gasteiger partial charge in [0.05, 0.1) is 7.11 Å². The van der Waals surface area contributed by atoms with E-state index in [2.05, 4.69) is 5.32 Å². The van der Waals surface area contributed by atoms with Crippen LogP contribution in [0.5, 0.6) is 5.75 Å². The van der Waals surface area contributed by atoms with Gasteiger partial charge in [0.25, 0.3) is 0 Å². The zero-order valence-electron chi connectivity index (χ0n) is 10.8. The van der Waals surface area contributed by atoms with E-state index in [4.69, 9.17) is 4.74 Å². The highest BCUT2D eigenvalue weighted by Crippen LogP contribution is 2.39. The first-order valence-corrected chi connectivity index (χ1v) is 6.42. The van der Waals surface area contributed by atoms with E-state index in [1.165, 1.54) is 32.1 Å². The second-order valence-electron chi connectivity index (χ2n) is 4.79. The van der Waals surface area contributed by atoms with Gasteiger partial charge in [-0.15, -0.1) is 0 Å². The number of rotatable bonds is 6. The molecule has 0 spiro atoms. The fourth-order valence-electron chi connectivity index (χ4n) is 2.25. The summed E-state index contributed by atoms with van der Waals surface area (Å²) in [5.41, 5.74) is 0.143. The van der Waals surface area contributed by atoms with Crippen molar-refractivity contribution >= 4 is 0 Å². The summed E-state index contributed by atoms with van der Waals surface area (Å²) in [4.78, 5) is 0. The van der Waals surface area contributed by atoms with Crippen molar-refractivity contribution in [2.75, 3.05) is 13.7 Å². The summed E-state index contributed by atoms with van der Waals surface area (Å²) in [7, 11) is 1.40. The number of hydrogen-bond acceptors (Lipinski definition) is 2. The number of benzene rings is 1. The summed E-state index contributed by atoms with van der Waals surface area (Å²) >= 11 is 0. The minimum absolute atomic E-state index is 0.143. The quantitative estimate of drug-likeness (QED) is 0.841. The summed E-state index contributed by atoms with van der Waals surface area (Å²) in [6.45, 7) is 2.64. The SMILES string of the molecule is CCNC(CC1CC1)c1c(F)cc(OC)cc1F. The largest absolute Gasteiger partial charge is 0.497 e. The predicted octanol–water partition coefficient (Wildman–Crippen LogP) is 3.42. The van der Waals surface area contributed by atoms with Gasteiger partial charge >= 0.3 is 0 Å². The van der Waals surface area contributed by atoms with Gasteiger partial charge in [-0.05, 0) is 18.9 Å². The van der Waals surface area contributed by atoms with E-state index in [1.54, 1.807) is 0 Å². The Bertz CT molecular complexity index is 395. The fraction of sp³-hybridized carbons (Fsp3) is 0.571. The van der Waals surface area contributed by atoms with Crippen molar-refractivity contribution in [1.29, 1.82) is 0 Å². The monoisotopic (exact) mass is 255 g/mol. The van der Waals surface area contributed by atoms with Crippen LogP contribution in [0.25, 0.3) is 0 Å². The molecule has 1 unspecified atom stereocenters. The standard InChI is InChI=1S/C14H19F2NO/c1-3-17-13(6-9-4-5-9)14-11(15)7-10(18-2)8-12(14)16/h7-9,13,17H,3-6H2,1-2H3. The maximum absolute atomic E-state index is 14.0. The summed E-state index contributed by atoms with van der Waals surface area (Å²) in [5.74, 6) is -0.234. The summed E-state index contributed by atoms with van der Waals surface area (Å²) in [6.07, 6.45) is 3.14. The lowest BCUT2D eigenvalue weighted by Gasteiger charge is -2.20. The van der Waals surface area contributed by atoms with Crippen molar-refractivity contribution in [2.45, 2.75) is 32.2 Å². The Morgan fingerprint density at radius 2 is 1.94 bits per heavy atom. The van der Waals surface area contributed by atoms with Crippen LogP contribution in [-0.2, 0) is 0 Å². The molecule has 4 heteroatoms. The van der Waals surface area contributed by atoms with E-state index in [0.29, 0.717) is 12.5 Å². The lowest BCUT2D eigenvalue weighted by Crippen LogP contribution is -2.23. The molecule has 0 heterocycles. The Balaban J connectivity index is 2.27. The Morgan fingerprint density at radius 3 is 2.39 bits per heavy atom. The van der Waals surface area contributed by atoms with Gasteiger partial charge in [-0.2, -0.15) is 0 Å². The van der Waals surface area contributed by atoms with E-state index in [9.17, 15) is 8.78 Å². The number of methoxy groups -OCH3 is 1. The first-order valence-electron chi connectivity index (χ1n) is 6.42. The van der Waals surface area contributed by atoms with Crippen molar-refractivity contribution in [3.63, 3.8) is 0 Å². The van der Waals surface area contributed by atoms with Crippen molar-refractivity contribution in [1.82, 2.24) is 5.32 Å². The topological polar surface area (TPSA) is 21.3 Å². The Kier molecular flexibility index (Phi) is 4.17. The average molecular weight is 255 g/mol. The lowest BCUT2D eigenvalue weighted by molar-refractivity contribution is 0.396. The minimum Gasteiger partial charge on any atom is -0.497 e. The molecule has 0 amide bonds. The maximum atomic E-state index is 14.0. The molecule has 0 saturated heterocycles. The van der Waals surface area contributed by atoms with Crippen molar-refractivity contribution in [3.8, 4) is 5.75 Å². The summed E-state index contributed by atoms with van der Waals surface area (Å²) < 4.78 is 32.8. The highest BCUT2D eigenvalue weighted by Gasteiger charge is 2.29. The van der Waals surface area contributed by atoms with Crippen LogP contribution in [0.4, 0.5) is 8.78 Å². The van der Waals surface area contributed by atoms with Crippen LogP contribution in [-0.4, -0.2) is 13.7 Å². The zero-order valence-corrected chi connectivity index (χ0v) is 10.8. The molecule has 1 N–H and O–H groups in total. The van der Waals surface area contributed by atoms with Crippen LogP contribution < -0.4 is 10.1 Å². The zero-order chi connectivity index (χ0) is 13.1. The Morgan fingerprint density at radius 1 is 1.33 bits per heavy atom. The van der Waals surface area contributed by atoms with Crippen LogP contribution in [0.15, 0.2) is 12.1 Å². The number of ether oxygens (including phenoxy) is 1. The van der Waals surface area contributed by atoms with E-state index in [1.807, 2.05) is 6.92 Å². The molecule has 2 nitrogen and oxygen atoms in total. The molecule has 1 aromatic carbocycles. The molecule has 100 valence electrons. The lowest BCUT2D eigenvalue weighted by atomic mass is 9.99. The van der Waals surface area contributed by atoms with Gasteiger partial charge in [0.1, 0.15) is 17.4 Å². The van der Waals surface area contributed by atoms with E-state index < -0.39 is 11.6 Å². The van der Waals surface area contributed by atoms with Crippen LogP contribution >= 0.6 is 0 Å². The number of hydrogen-bond donors (Lipinski definition) is 1. The third-order valence-electron chi connectivity index (χ3n) is 3.35. The normalized spacial score (nSPS) is 16.7. The molecule has 2 rings (SSSR count). The molecular weight excluding hydrogens is 236 g/mol. The van der Waals surface area contributed by atoms with E-state index in [-0.39, 0.29) is 17.4 Å². The number of halogens is 2. The Labute approximate surface area is 106 Å². The highest BCUT2D eigenvalue weighted by molar-refractivity contribution is 5.32. The third kappa shape index (κ3) is 2.99. The van der Waals surface area contributed by atoms with Crippen LogP contribution in [0.2, 0.25) is 0 Å². The molecule has 18 heavy (non-hydrogen) atoms. The molecule has 1 aliphatic carbocycles. The Hall–Kier alpha value is -1.16. The molecule has 1 saturated carbocycles. The van der Waals surface area contributed by atoms with Crippen molar-refractivity contribution in [3.05, 3.63) is 29.3 Å². The van der Waals surface area contributed by atoms with Crippen LogP contribution in [0, 0.1) is 17.6 Å². The van der Waals surface area contributed by atoms with Gasteiger partial charge in [-0.3, -0.25) is 0 Å². The van der Waals surface area contributed by atoms with E-state index >= 15 is 0 Å². The van der Waals surface area contributed by atoms with Crippen molar-refractivity contribution < 1.29 is 13.5 Å². The van der Waals surface area contributed by atoms with Gasteiger partial charge in [-0.1, -0.05) is 19.8 Å². The molecule has 1 atom stereocenters. The molecule has 0 aromatic heterocycles. The molecule has 1 fully saturated rings. The molecule has 0 bridgehead atoms. The first kappa shape index (κ1) is 13.3. The second-order valence-corrected chi connectivity index (χ2v) is 4.79. The van der Waals surface area contributed by atoms with Gasteiger partial charge in [0.2, 0.25) is 0 Å². The molecule has 1 aromatic rings. The fourth-order valence-corrected chi connectivity index (χ4v) is 2.25. The molecule has 1 aliphatic rings. The van der Waals surface area contributed by atoms with Gasteiger partial charge in [-0.25, -0.2) is 8.78 Å². The maximum Gasteiger partial charge on any atom is 0.134 e. The first-order chi connectivity index (χ1) is 8.65. The summed E-state index contributed by atoms with van der Waals surface area (Å²) in [5, 5.41) is 3.17. The van der Waals surface area contributed by atoms with Crippen LogP contribution in [0.3, 0.4) is 0 Å². The van der Waals surface area contributed by atoms with Crippen molar-refractivity contribution in [2.24, 2.45) is 5.92 Å². The third-order valence-corrected chi connectivity index (χ3v) is 3.35. The van der Waals surface area contributed by atoms with Gasteiger partial charge < -0.3 is 10.1 Å². The molecular formula is C14H19F2NO. The minimum atomic E-state index is -0.529. The van der Waals surface area contributed by atoms with Gasteiger partial charge in [0.15, 0.2) is 0 Å². The number of nitrogens with one attached hydrogen (secondary N) is 1. The van der Waals surface area contributed by atoms with E-state index in [0.717, 1.165) is 6.42 Å². The van der Waals surface area contributed by atoms with Gasteiger partial charge in [0, 0.05) is 23.7 Å². The predicted molar refractivity (Wildman–Crippen MR) is 66.7 cm³/mol. The molecule has 0 radical (unpaired) electrons. The average Bonchev–Trinajstić information content (AvgIpc) is 3.12.